The summed E-state index contributed by atoms with van der Waals surface area (Å²) >= 11 is 0. The smallest absolute Gasteiger partial charge is 0.170 e. The van der Waals surface area contributed by atoms with Crippen molar-refractivity contribution in [2.24, 2.45) is 5.92 Å². The highest BCUT2D eigenvalue weighted by Gasteiger charge is 2.41. The topological polar surface area (TPSA) is 0 Å². The Balaban J connectivity index is 2.11. The molecule has 18 heavy (non-hydrogen) atoms. The van der Waals surface area contributed by atoms with Crippen molar-refractivity contribution in [3.63, 3.8) is 0 Å². The SMILES string of the molecule is FC(F)(F)C(CC1CCCCC1)c1ccccc1. The molecule has 1 atom stereocenters. The molecular formula is C15H19F3. The maximum atomic E-state index is 13.2. The standard InChI is InChI=1S/C15H19F3/c16-15(17,18)14(13-9-5-2-6-10-13)11-12-7-3-1-4-8-12/h2,5-6,9-10,12,14H,1,3-4,7-8,11H2. The summed E-state index contributed by atoms with van der Waals surface area (Å²) in [5.41, 5.74) is 0.413. The second-order valence-electron chi connectivity index (χ2n) is 5.24. The summed E-state index contributed by atoms with van der Waals surface area (Å²) in [5, 5.41) is 0. The second-order valence-corrected chi connectivity index (χ2v) is 5.24. The number of benzene rings is 1. The van der Waals surface area contributed by atoms with Gasteiger partial charge in [0, 0.05) is 0 Å². The van der Waals surface area contributed by atoms with Gasteiger partial charge in [0.1, 0.15) is 0 Å². The second kappa shape index (κ2) is 5.77. The molecule has 1 unspecified atom stereocenters. The van der Waals surface area contributed by atoms with Crippen LogP contribution in [0.3, 0.4) is 0 Å². The Morgan fingerprint density at radius 1 is 1.00 bits per heavy atom. The molecule has 0 nitrogen and oxygen atoms in total. The van der Waals surface area contributed by atoms with Crippen LogP contribution in [-0.2, 0) is 0 Å². The Labute approximate surface area is 106 Å². The van der Waals surface area contributed by atoms with Crippen LogP contribution in [0.1, 0.15) is 50.0 Å². The molecule has 1 aromatic rings. The van der Waals surface area contributed by atoms with E-state index in [4.69, 9.17) is 0 Å². The van der Waals surface area contributed by atoms with Crippen molar-refractivity contribution in [1.82, 2.24) is 0 Å². The van der Waals surface area contributed by atoms with E-state index in [2.05, 4.69) is 0 Å². The van der Waals surface area contributed by atoms with Crippen LogP contribution in [0.5, 0.6) is 0 Å². The van der Waals surface area contributed by atoms with Crippen molar-refractivity contribution in [1.29, 1.82) is 0 Å². The van der Waals surface area contributed by atoms with Gasteiger partial charge in [-0.3, -0.25) is 0 Å². The van der Waals surface area contributed by atoms with Crippen LogP contribution in [0.2, 0.25) is 0 Å². The summed E-state index contributed by atoms with van der Waals surface area (Å²) < 4.78 is 39.5. The molecule has 100 valence electrons. The van der Waals surface area contributed by atoms with E-state index in [1.165, 1.54) is 6.42 Å². The lowest BCUT2D eigenvalue weighted by atomic mass is 9.80. The predicted octanol–water partition coefficient (Wildman–Crippen LogP) is 5.30. The van der Waals surface area contributed by atoms with E-state index in [9.17, 15) is 13.2 Å². The minimum absolute atomic E-state index is 0.241. The molecule has 0 amide bonds. The van der Waals surface area contributed by atoms with Gasteiger partial charge in [-0.15, -0.1) is 0 Å². The molecule has 0 radical (unpaired) electrons. The minimum atomic E-state index is -4.13. The maximum absolute atomic E-state index is 13.2. The van der Waals surface area contributed by atoms with E-state index in [-0.39, 0.29) is 12.3 Å². The Morgan fingerprint density at radius 2 is 1.61 bits per heavy atom. The van der Waals surface area contributed by atoms with E-state index in [1.54, 1.807) is 30.3 Å². The largest absolute Gasteiger partial charge is 0.395 e. The maximum Gasteiger partial charge on any atom is 0.395 e. The fourth-order valence-corrected chi connectivity index (χ4v) is 2.90. The van der Waals surface area contributed by atoms with Gasteiger partial charge < -0.3 is 0 Å². The fourth-order valence-electron chi connectivity index (χ4n) is 2.90. The van der Waals surface area contributed by atoms with Crippen molar-refractivity contribution in [2.75, 3.05) is 0 Å². The summed E-state index contributed by atoms with van der Waals surface area (Å²) in [4.78, 5) is 0. The summed E-state index contributed by atoms with van der Waals surface area (Å²) in [6.45, 7) is 0. The lowest BCUT2D eigenvalue weighted by Crippen LogP contribution is -2.24. The first kappa shape index (κ1) is 13.4. The van der Waals surface area contributed by atoms with Crippen LogP contribution < -0.4 is 0 Å². The van der Waals surface area contributed by atoms with Gasteiger partial charge >= 0.3 is 6.18 Å². The van der Waals surface area contributed by atoms with E-state index in [1.807, 2.05) is 0 Å². The molecule has 0 aromatic heterocycles. The van der Waals surface area contributed by atoms with Crippen molar-refractivity contribution >= 4 is 0 Å². The Bertz CT molecular complexity index is 350. The van der Waals surface area contributed by atoms with Crippen LogP contribution in [0, 0.1) is 5.92 Å². The molecule has 1 aromatic carbocycles. The molecule has 0 aliphatic heterocycles. The monoisotopic (exact) mass is 256 g/mol. The molecule has 0 spiro atoms. The van der Waals surface area contributed by atoms with Crippen LogP contribution in [0.4, 0.5) is 13.2 Å². The highest BCUT2D eigenvalue weighted by atomic mass is 19.4. The molecule has 2 rings (SSSR count). The number of hydrogen-bond acceptors (Lipinski definition) is 0. The van der Waals surface area contributed by atoms with E-state index in [0.717, 1.165) is 25.7 Å². The fraction of sp³-hybridized carbons (Fsp3) is 0.600. The van der Waals surface area contributed by atoms with Crippen LogP contribution >= 0.6 is 0 Å². The molecule has 0 bridgehead atoms. The van der Waals surface area contributed by atoms with Gasteiger partial charge in [0.2, 0.25) is 0 Å². The summed E-state index contributed by atoms with van der Waals surface area (Å²) in [5.74, 6) is -1.05. The number of alkyl halides is 3. The zero-order valence-electron chi connectivity index (χ0n) is 10.4. The van der Waals surface area contributed by atoms with Gasteiger partial charge in [-0.05, 0) is 17.9 Å². The Kier molecular flexibility index (Phi) is 4.31. The third kappa shape index (κ3) is 3.50. The molecule has 1 aliphatic carbocycles. The van der Waals surface area contributed by atoms with E-state index < -0.39 is 12.1 Å². The van der Waals surface area contributed by atoms with Gasteiger partial charge in [0.15, 0.2) is 0 Å². The first-order chi connectivity index (χ1) is 8.57. The van der Waals surface area contributed by atoms with Crippen molar-refractivity contribution in [2.45, 2.75) is 50.6 Å². The molecule has 0 heterocycles. The molecule has 1 saturated carbocycles. The van der Waals surface area contributed by atoms with Gasteiger partial charge in [-0.2, -0.15) is 13.2 Å². The van der Waals surface area contributed by atoms with Crippen molar-refractivity contribution in [3.05, 3.63) is 35.9 Å². The highest BCUT2D eigenvalue weighted by Crippen LogP contribution is 2.42. The van der Waals surface area contributed by atoms with Crippen LogP contribution in [0.25, 0.3) is 0 Å². The van der Waals surface area contributed by atoms with Gasteiger partial charge in [-0.25, -0.2) is 0 Å². The van der Waals surface area contributed by atoms with Gasteiger partial charge in [-0.1, -0.05) is 62.4 Å². The predicted molar refractivity (Wildman–Crippen MR) is 66.4 cm³/mol. The zero-order chi connectivity index (χ0) is 13.0. The number of hydrogen-bond donors (Lipinski definition) is 0. The lowest BCUT2D eigenvalue weighted by Gasteiger charge is -2.28. The van der Waals surface area contributed by atoms with Gasteiger partial charge in [0.25, 0.3) is 0 Å². The summed E-state index contributed by atoms with van der Waals surface area (Å²) in [6, 6.07) is 8.34. The van der Waals surface area contributed by atoms with Gasteiger partial charge in [0.05, 0.1) is 5.92 Å². The normalized spacial score (nSPS) is 19.7. The molecular weight excluding hydrogens is 237 g/mol. The highest BCUT2D eigenvalue weighted by molar-refractivity contribution is 5.21. The number of halogens is 3. The van der Waals surface area contributed by atoms with E-state index in [0.29, 0.717) is 5.56 Å². The lowest BCUT2D eigenvalue weighted by molar-refractivity contribution is -0.155. The quantitative estimate of drug-likeness (QED) is 0.688. The van der Waals surface area contributed by atoms with Crippen LogP contribution in [-0.4, -0.2) is 6.18 Å². The average Bonchev–Trinajstić information content (AvgIpc) is 2.37. The molecule has 3 heteroatoms. The molecule has 0 N–H and O–H groups in total. The first-order valence-corrected chi connectivity index (χ1v) is 6.69. The average molecular weight is 256 g/mol. The Morgan fingerprint density at radius 3 is 2.17 bits per heavy atom. The minimum Gasteiger partial charge on any atom is -0.170 e. The molecule has 1 fully saturated rings. The first-order valence-electron chi connectivity index (χ1n) is 6.69. The third-order valence-corrected chi connectivity index (χ3v) is 3.89. The van der Waals surface area contributed by atoms with Crippen LogP contribution in [0.15, 0.2) is 30.3 Å². The van der Waals surface area contributed by atoms with E-state index >= 15 is 0 Å². The third-order valence-electron chi connectivity index (χ3n) is 3.89. The number of rotatable bonds is 3. The summed E-state index contributed by atoms with van der Waals surface area (Å²) in [7, 11) is 0. The Hall–Kier alpha value is -0.990. The molecule has 0 saturated heterocycles. The molecule has 1 aliphatic rings. The zero-order valence-corrected chi connectivity index (χ0v) is 10.4. The van der Waals surface area contributed by atoms with Crippen molar-refractivity contribution < 1.29 is 13.2 Å². The van der Waals surface area contributed by atoms with Crippen molar-refractivity contribution in [3.8, 4) is 0 Å². The summed E-state index contributed by atoms with van der Waals surface area (Å²) in [6.07, 6.45) is 1.40.